The quantitative estimate of drug-likeness (QED) is 0.844. The Bertz CT molecular complexity index is 683. The average Bonchev–Trinajstić information content (AvgIpc) is 3.15. The van der Waals surface area contributed by atoms with Gasteiger partial charge in [-0.25, -0.2) is 4.98 Å². The maximum Gasteiger partial charge on any atom is 0.226 e. The average molecular weight is 338 g/mol. The Labute approximate surface area is 139 Å². The van der Waals surface area contributed by atoms with Crippen LogP contribution in [0.1, 0.15) is 18.5 Å². The van der Waals surface area contributed by atoms with Crippen molar-refractivity contribution >= 4 is 17.5 Å². The Balaban J connectivity index is 1.52. The summed E-state index contributed by atoms with van der Waals surface area (Å²) in [4.78, 5) is 16.1. The fourth-order valence-electron chi connectivity index (χ4n) is 3.10. The van der Waals surface area contributed by atoms with E-state index >= 15 is 0 Å². The molecule has 0 aliphatic heterocycles. The number of hydrogen-bond acceptors (Lipinski definition) is 4. The number of rotatable bonds is 5. The Morgan fingerprint density at radius 2 is 2.30 bits per heavy atom. The molecular weight excluding hydrogens is 318 g/mol. The topological polar surface area (TPSA) is 85.0 Å². The maximum atomic E-state index is 12.1. The molecule has 2 aromatic heterocycles. The van der Waals surface area contributed by atoms with Crippen LogP contribution in [-0.2, 0) is 24.8 Å². The van der Waals surface area contributed by atoms with E-state index in [4.69, 9.17) is 11.6 Å². The third kappa shape index (κ3) is 3.92. The lowest BCUT2D eigenvalue weighted by Gasteiger charge is -2.16. The number of aliphatic hydroxyl groups is 1. The van der Waals surface area contributed by atoms with E-state index in [0.29, 0.717) is 18.0 Å². The molecule has 1 saturated carbocycles. The van der Waals surface area contributed by atoms with Crippen molar-refractivity contribution in [1.29, 1.82) is 0 Å². The fraction of sp³-hybridized carbons (Fsp3) is 0.533. The molecule has 23 heavy (non-hydrogen) atoms. The zero-order chi connectivity index (χ0) is 16.4. The van der Waals surface area contributed by atoms with Crippen molar-refractivity contribution in [2.75, 3.05) is 0 Å². The highest BCUT2D eigenvalue weighted by atomic mass is 35.5. The van der Waals surface area contributed by atoms with Crippen LogP contribution >= 0.6 is 11.6 Å². The van der Waals surface area contributed by atoms with E-state index < -0.39 is 6.10 Å². The van der Waals surface area contributed by atoms with E-state index in [0.717, 1.165) is 12.1 Å². The molecular formula is C15H20ClN5O2. The summed E-state index contributed by atoms with van der Waals surface area (Å²) >= 11 is 5.86. The third-order valence-electron chi connectivity index (χ3n) is 4.28. The zero-order valence-corrected chi connectivity index (χ0v) is 13.6. The lowest BCUT2D eigenvalue weighted by molar-refractivity contribution is -0.121. The molecule has 1 amide bonds. The molecule has 1 aliphatic rings. The van der Waals surface area contributed by atoms with Gasteiger partial charge in [-0.3, -0.25) is 9.48 Å². The number of aryl methyl sites for hydroxylation is 1. The van der Waals surface area contributed by atoms with Crippen molar-refractivity contribution in [2.45, 2.75) is 38.0 Å². The zero-order valence-electron chi connectivity index (χ0n) is 12.9. The van der Waals surface area contributed by atoms with Gasteiger partial charge < -0.3 is 15.0 Å². The summed E-state index contributed by atoms with van der Waals surface area (Å²) in [5.41, 5.74) is 0.845. The van der Waals surface area contributed by atoms with Gasteiger partial charge in [0.05, 0.1) is 36.1 Å². The van der Waals surface area contributed by atoms with Crippen LogP contribution in [0, 0.1) is 5.92 Å². The molecule has 1 fully saturated rings. The van der Waals surface area contributed by atoms with Gasteiger partial charge in [-0.05, 0) is 18.8 Å². The Kier molecular flexibility index (Phi) is 4.68. The van der Waals surface area contributed by atoms with Gasteiger partial charge in [0.25, 0.3) is 0 Å². The molecule has 0 spiro atoms. The normalized spacial score (nSPS) is 24.0. The first-order valence-electron chi connectivity index (χ1n) is 7.62. The molecule has 1 aliphatic carbocycles. The van der Waals surface area contributed by atoms with Gasteiger partial charge in [-0.1, -0.05) is 11.6 Å². The van der Waals surface area contributed by atoms with Crippen LogP contribution in [0.5, 0.6) is 0 Å². The van der Waals surface area contributed by atoms with Gasteiger partial charge in [-0.15, -0.1) is 0 Å². The highest BCUT2D eigenvalue weighted by Crippen LogP contribution is 2.27. The molecule has 8 heteroatoms. The maximum absolute atomic E-state index is 12.1. The second-order valence-corrected chi connectivity index (χ2v) is 6.57. The van der Waals surface area contributed by atoms with Gasteiger partial charge in [0.1, 0.15) is 0 Å². The van der Waals surface area contributed by atoms with E-state index in [1.54, 1.807) is 29.6 Å². The number of aromatic nitrogens is 4. The first kappa shape index (κ1) is 16.0. The van der Waals surface area contributed by atoms with Crippen LogP contribution in [0.4, 0.5) is 0 Å². The molecule has 3 atom stereocenters. The number of hydrogen-bond donors (Lipinski definition) is 2. The van der Waals surface area contributed by atoms with Gasteiger partial charge >= 0.3 is 0 Å². The number of carbonyl (C=O) groups excluding carboxylic acids is 1. The molecule has 2 heterocycles. The van der Waals surface area contributed by atoms with Crippen molar-refractivity contribution < 1.29 is 9.90 Å². The summed E-state index contributed by atoms with van der Waals surface area (Å²) < 4.78 is 3.59. The largest absolute Gasteiger partial charge is 0.391 e. The molecule has 0 radical (unpaired) electrons. The lowest BCUT2D eigenvalue weighted by Crippen LogP contribution is -2.40. The SMILES string of the molecule is Cn1cncc1CC(=O)N[C@@H]1CC(Cn2cc(Cl)cn2)C[C@H]1O. The molecule has 0 aromatic carbocycles. The van der Waals surface area contributed by atoms with Crippen molar-refractivity contribution in [3.05, 3.63) is 35.6 Å². The lowest BCUT2D eigenvalue weighted by atomic mass is 10.1. The molecule has 3 rings (SSSR count). The van der Waals surface area contributed by atoms with Crippen molar-refractivity contribution in [3.8, 4) is 0 Å². The summed E-state index contributed by atoms with van der Waals surface area (Å²) in [6, 6.07) is -0.216. The Morgan fingerprint density at radius 3 is 2.96 bits per heavy atom. The fourth-order valence-corrected chi connectivity index (χ4v) is 3.26. The van der Waals surface area contributed by atoms with E-state index in [2.05, 4.69) is 15.4 Å². The monoisotopic (exact) mass is 337 g/mol. The van der Waals surface area contributed by atoms with Crippen LogP contribution in [0.25, 0.3) is 0 Å². The van der Waals surface area contributed by atoms with E-state index in [1.807, 2.05) is 11.6 Å². The van der Waals surface area contributed by atoms with Crippen LogP contribution < -0.4 is 5.32 Å². The highest BCUT2D eigenvalue weighted by molar-refractivity contribution is 6.30. The number of aliphatic hydroxyl groups excluding tert-OH is 1. The van der Waals surface area contributed by atoms with Crippen LogP contribution in [-0.4, -0.2) is 42.5 Å². The second kappa shape index (κ2) is 6.72. The Hall–Kier alpha value is -1.86. The number of amides is 1. The summed E-state index contributed by atoms with van der Waals surface area (Å²) in [6.07, 6.45) is 7.82. The minimum Gasteiger partial charge on any atom is -0.391 e. The molecule has 1 unspecified atom stereocenters. The van der Waals surface area contributed by atoms with Crippen LogP contribution in [0.3, 0.4) is 0 Å². The van der Waals surface area contributed by atoms with Crippen molar-refractivity contribution in [1.82, 2.24) is 24.6 Å². The third-order valence-corrected chi connectivity index (χ3v) is 4.47. The van der Waals surface area contributed by atoms with E-state index in [-0.39, 0.29) is 24.3 Å². The number of nitrogens with zero attached hydrogens (tertiary/aromatic N) is 4. The summed E-state index contributed by atoms with van der Waals surface area (Å²) in [7, 11) is 1.85. The molecule has 0 saturated heterocycles. The predicted molar refractivity (Wildman–Crippen MR) is 84.8 cm³/mol. The molecule has 124 valence electrons. The van der Waals surface area contributed by atoms with E-state index in [9.17, 15) is 9.90 Å². The van der Waals surface area contributed by atoms with Crippen LogP contribution in [0.15, 0.2) is 24.9 Å². The molecule has 2 aromatic rings. The van der Waals surface area contributed by atoms with Crippen LogP contribution in [0.2, 0.25) is 5.02 Å². The van der Waals surface area contributed by atoms with Gasteiger partial charge in [0.2, 0.25) is 5.91 Å². The standard InChI is InChI=1S/C15H20ClN5O2/c1-20-9-17-6-12(20)4-15(23)19-13-2-10(3-14(13)22)7-21-8-11(16)5-18-21/h5-6,8-10,13-14,22H,2-4,7H2,1H3,(H,19,23)/t10?,13-,14-/m1/s1. The number of halogens is 1. The minimum absolute atomic E-state index is 0.0968. The minimum atomic E-state index is -0.526. The summed E-state index contributed by atoms with van der Waals surface area (Å²) in [6.45, 7) is 0.692. The number of imidazole rings is 1. The van der Waals surface area contributed by atoms with Gasteiger partial charge in [0.15, 0.2) is 0 Å². The summed E-state index contributed by atoms with van der Waals surface area (Å²) in [5.74, 6) is 0.170. The Morgan fingerprint density at radius 1 is 1.48 bits per heavy atom. The van der Waals surface area contributed by atoms with Gasteiger partial charge in [0, 0.05) is 31.7 Å². The smallest absolute Gasteiger partial charge is 0.226 e. The first-order chi connectivity index (χ1) is 11.0. The van der Waals surface area contributed by atoms with Crippen molar-refractivity contribution in [2.24, 2.45) is 13.0 Å². The molecule has 2 N–H and O–H groups in total. The number of nitrogens with one attached hydrogen (secondary N) is 1. The van der Waals surface area contributed by atoms with Crippen molar-refractivity contribution in [3.63, 3.8) is 0 Å². The summed E-state index contributed by atoms with van der Waals surface area (Å²) in [5, 5.41) is 17.9. The second-order valence-electron chi connectivity index (χ2n) is 6.13. The highest BCUT2D eigenvalue weighted by Gasteiger charge is 2.34. The first-order valence-corrected chi connectivity index (χ1v) is 7.99. The molecule has 7 nitrogen and oxygen atoms in total. The predicted octanol–water partition coefficient (Wildman–Crippen LogP) is 0.768. The van der Waals surface area contributed by atoms with E-state index in [1.165, 1.54) is 0 Å². The van der Waals surface area contributed by atoms with Gasteiger partial charge in [-0.2, -0.15) is 5.10 Å². The molecule has 0 bridgehead atoms. The number of carbonyl (C=O) groups is 1.